The third kappa shape index (κ3) is 2.53. The molecule has 1 aromatic carbocycles. The second-order valence-corrected chi connectivity index (χ2v) is 4.60. The Labute approximate surface area is 102 Å². The number of nitrogens with one attached hydrogen (secondary N) is 1. The Morgan fingerprint density at radius 2 is 1.88 bits per heavy atom. The molecule has 1 heterocycles. The third-order valence-electron chi connectivity index (χ3n) is 3.50. The summed E-state index contributed by atoms with van der Waals surface area (Å²) < 4.78 is 0. The van der Waals surface area contributed by atoms with Gasteiger partial charge in [-0.3, -0.25) is 4.90 Å². The summed E-state index contributed by atoms with van der Waals surface area (Å²) in [6.07, 6.45) is 0. The number of likely N-dealkylation sites (N-methyl/N-ethyl adjacent to an activating group) is 1. The van der Waals surface area contributed by atoms with Crippen LogP contribution in [-0.4, -0.2) is 40.8 Å². The predicted octanol–water partition coefficient (Wildman–Crippen LogP) is 1.45. The minimum atomic E-state index is 0.120. The van der Waals surface area contributed by atoms with E-state index in [1.54, 1.807) is 12.1 Å². The van der Waals surface area contributed by atoms with E-state index >= 15 is 0 Å². The first-order valence-corrected chi connectivity index (χ1v) is 6.11. The number of hydrogen-bond donors (Lipinski definition) is 3. The van der Waals surface area contributed by atoms with Gasteiger partial charge in [-0.1, -0.05) is 6.92 Å². The number of rotatable bonds is 4. The summed E-state index contributed by atoms with van der Waals surface area (Å²) in [4.78, 5) is 2.38. The van der Waals surface area contributed by atoms with Crippen molar-refractivity contribution < 1.29 is 10.2 Å². The highest BCUT2D eigenvalue weighted by molar-refractivity contribution is 5.38. The topological polar surface area (TPSA) is 55.7 Å². The molecule has 1 fully saturated rings. The molecule has 17 heavy (non-hydrogen) atoms. The lowest BCUT2D eigenvalue weighted by Crippen LogP contribution is -2.57. The van der Waals surface area contributed by atoms with Gasteiger partial charge in [0.25, 0.3) is 0 Å². The van der Waals surface area contributed by atoms with Crippen molar-refractivity contribution in [3.8, 4) is 11.5 Å². The maximum atomic E-state index is 9.52. The summed E-state index contributed by atoms with van der Waals surface area (Å²) in [6, 6.07) is 5.56. The van der Waals surface area contributed by atoms with Gasteiger partial charge < -0.3 is 15.5 Å². The molecule has 4 heteroatoms. The number of phenols is 2. The maximum Gasteiger partial charge on any atom is 0.119 e. The molecule has 0 aliphatic carbocycles. The fraction of sp³-hybridized carbons (Fsp3) is 0.538. The summed E-state index contributed by atoms with van der Waals surface area (Å²) in [5.41, 5.74) is 0.955. The van der Waals surface area contributed by atoms with Gasteiger partial charge in [-0.25, -0.2) is 0 Å². The molecule has 1 aliphatic rings. The zero-order chi connectivity index (χ0) is 12.4. The molecule has 94 valence electrons. The molecular formula is C13H20N2O2. The van der Waals surface area contributed by atoms with E-state index in [4.69, 9.17) is 0 Å². The first kappa shape index (κ1) is 12.2. The normalized spacial score (nSPS) is 18.1. The van der Waals surface area contributed by atoms with E-state index in [0.717, 1.165) is 25.2 Å². The minimum absolute atomic E-state index is 0.120. The molecule has 0 aromatic heterocycles. The molecular weight excluding hydrogens is 216 g/mol. The molecule has 1 aliphatic heterocycles. The van der Waals surface area contributed by atoms with Crippen molar-refractivity contribution in [1.82, 2.24) is 10.2 Å². The molecule has 3 N–H and O–H groups in total. The summed E-state index contributed by atoms with van der Waals surface area (Å²) in [7, 11) is 0. The summed E-state index contributed by atoms with van der Waals surface area (Å²) >= 11 is 0. The van der Waals surface area contributed by atoms with Crippen LogP contribution in [0.15, 0.2) is 18.2 Å². The molecule has 1 aromatic rings. The lowest BCUT2D eigenvalue weighted by atomic mass is 10.0. The standard InChI is InChI=1S/C13H20N2O2/c1-3-15(11-7-14-8-11)9(2)10-4-12(16)6-13(17)5-10/h4-6,9,11,14,16-17H,3,7-8H2,1-2H3. The zero-order valence-electron chi connectivity index (χ0n) is 10.3. The predicted molar refractivity (Wildman–Crippen MR) is 67.2 cm³/mol. The highest BCUT2D eigenvalue weighted by Gasteiger charge is 2.27. The van der Waals surface area contributed by atoms with Crippen molar-refractivity contribution in [2.45, 2.75) is 25.9 Å². The second kappa shape index (κ2) is 4.94. The van der Waals surface area contributed by atoms with Crippen LogP contribution in [0.2, 0.25) is 0 Å². The van der Waals surface area contributed by atoms with Crippen LogP contribution in [0.1, 0.15) is 25.5 Å². The lowest BCUT2D eigenvalue weighted by Gasteiger charge is -2.41. The summed E-state index contributed by atoms with van der Waals surface area (Å²) in [6.45, 7) is 7.24. The Kier molecular flexibility index (Phi) is 3.54. The number of hydrogen-bond acceptors (Lipinski definition) is 4. The molecule has 1 saturated heterocycles. The smallest absolute Gasteiger partial charge is 0.119 e. The highest BCUT2D eigenvalue weighted by atomic mass is 16.3. The molecule has 0 spiro atoms. The van der Waals surface area contributed by atoms with Crippen LogP contribution in [0.4, 0.5) is 0 Å². The van der Waals surface area contributed by atoms with Gasteiger partial charge in [-0.05, 0) is 31.2 Å². The summed E-state index contributed by atoms with van der Waals surface area (Å²) in [5.74, 6) is 0.240. The van der Waals surface area contributed by atoms with Crippen LogP contribution >= 0.6 is 0 Å². The monoisotopic (exact) mass is 236 g/mol. The SMILES string of the molecule is CCN(C1CNC1)C(C)c1cc(O)cc(O)c1. The van der Waals surface area contributed by atoms with Crippen LogP contribution in [0.3, 0.4) is 0 Å². The molecule has 0 saturated carbocycles. The lowest BCUT2D eigenvalue weighted by molar-refractivity contribution is 0.109. The average molecular weight is 236 g/mol. The number of phenolic OH excluding ortho intramolecular Hbond substituents is 2. The minimum Gasteiger partial charge on any atom is -0.508 e. The molecule has 0 radical (unpaired) electrons. The Morgan fingerprint density at radius 1 is 1.29 bits per heavy atom. The van der Waals surface area contributed by atoms with Gasteiger partial charge in [0.05, 0.1) is 0 Å². The fourth-order valence-corrected chi connectivity index (χ4v) is 2.41. The van der Waals surface area contributed by atoms with E-state index in [1.807, 2.05) is 0 Å². The van der Waals surface area contributed by atoms with E-state index in [0.29, 0.717) is 6.04 Å². The van der Waals surface area contributed by atoms with E-state index in [2.05, 4.69) is 24.1 Å². The molecule has 2 rings (SSSR count). The third-order valence-corrected chi connectivity index (χ3v) is 3.50. The second-order valence-electron chi connectivity index (χ2n) is 4.60. The molecule has 0 amide bonds. The largest absolute Gasteiger partial charge is 0.508 e. The van der Waals surface area contributed by atoms with Crippen LogP contribution in [0.25, 0.3) is 0 Å². The number of nitrogens with zero attached hydrogens (tertiary/aromatic N) is 1. The Morgan fingerprint density at radius 3 is 2.29 bits per heavy atom. The van der Waals surface area contributed by atoms with Gasteiger partial charge >= 0.3 is 0 Å². The van der Waals surface area contributed by atoms with Gasteiger partial charge in [-0.15, -0.1) is 0 Å². The highest BCUT2D eigenvalue weighted by Crippen LogP contribution is 2.29. The quantitative estimate of drug-likeness (QED) is 0.740. The van der Waals surface area contributed by atoms with Gasteiger partial charge in [0.2, 0.25) is 0 Å². The van der Waals surface area contributed by atoms with E-state index in [9.17, 15) is 10.2 Å². The van der Waals surface area contributed by atoms with Gasteiger partial charge in [0.1, 0.15) is 11.5 Å². The summed E-state index contributed by atoms with van der Waals surface area (Å²) in [5, 5.41) is 22.3. The maximum absolute atomic E-state index is 9.52. The van der Waals surface area contributed by atoms with E-state index < -0.39 is 0 Å². The van der Waals surface area contributed by atoms with Gasteiger partial charge in [-0.2, -0.15) is 0 Å². The van der Waals surface area contributed by atoms with Crippen LogP contribution in [0, 0.1) is 0 Å². The van der Waals surface area contributed by atoms with E-state index in [-0.39, 0.29) is 17.5 Å². The molecule has 1 atom stereocenters. The molecule has 0 bridgehead atoms. The first-order valence-electron chi connectivity index (χ1n) is 6.11. The average Bonchev–Trinajstić information content (AvgIpc) is 2.20. The van der Waals surface area contributed by atoms with Gasteiger partial charge in [0.15, 0.2) is 0 Å². The van der Waals surface area contributed by atoms with Crippen LogP contribution in [0.5, 0.6) is 11.5 Å². The number of aromatic hydroxyl groups is 2. The Hall–Kier alpha value is -1.26. The molecule has 1 unspecified atom stereocenters. The number of benzene rings is 1. The Bertz CT molecular complexity index is 371. The molecule has 4 nitrogen and oxygen atoms in total. The van der Waals surface area contributed by atoms with E-state index in [1.165, 1.54) is 6.07 Å². The van der Waals surface area contributed by atoms with Crippen molar-refractivity contribution in [3.05, 3.63) is 23.8 Å². The van der Waals surface area contributed by atoms with Crippen molar-refractivity contribution in [2.24, 2.45) is 0 Å². The van der Waals surface area contributed by atoms with Crippen LogP contribution in [-0.2, 0) is 0 Å². The van der Waals surface area contributed by atoms with Crippen molar-refractivity contribution in [3.63, 3.8) is 0 Å². The van der Waals surface area contributed by atoms with Crippen LogP contribution < -0.4 is 5.32 Å². The fourth-order valence-electron chi connectivity index (χ4n) is 2.41. The van der Waals surface area contributed by atoms with Crippen molar-refractivity contribution in [2.75, 3.05) is 19.6 Å². The van der Waals surface area contributed by atoms with Crippen molar-refractivity contribution >= 4 is 0 Å². The van der Waals surface area contributed by atoms with Gasteiger partial charge in [0, 0.05) is 31.2 Å². The Balaban J connectivity index is 2.18. The zero-order valence-corrected chi connectivity index (χ0v) is 10.3. The first-order chi connectivity index (χ1) is 8.11. The van der Waals surface area contributed by atoms with Crippen molar-refractivity contribution in [1.29, 1.82) is 0 Å².